The third-order valence-electron chi connectivity index (χ3n) is 5.07. The Hall–Kier alpha value is -3.71. The number of nitrogens with one attached hydrogen (secondary N) is 1. The molecule has 2 heterocycles. The van der Waals surface area contributed by atoms with Crippen molar-refractivity contribution in [3.63, 3.8) is 0 Å². The van der Waals surface area contributed by atoms with Gasteiger partial charge in [0.15, 0.2) is 0 Å². The first-order valence-corrected chi connectivity index (χ1v) is 10.9. The zero-order valence-electron chi connectivity index (χ0n) is 18.3. The van der Waals surface area contributed by atoms with E-state index in [9.17, 15) is 4.79 Å². The number of nitrogens with zero attached hydrogens (tertiary/aromatic N) is 2. The number of rotatable bonds is 6. The van der Waals surface area contributed by atoms with Crippen molar-refractivity contribution >= 4 is 33.9 Å². The number of benzene rings is 2. The number of carbonyl (C=O) groups excluding carboxylic acids is 1. The maximum absolute atomic E-state index is 13.1. The monoisotopic (exact) mass is 445 g/mol. The lowest BCUT2D eigenvalue weighted by Crippen LogP contribution is -2.19. The van der Waals surface area contributed by atoms with E-state index in [0.29, 0.717) is 28.3 Å². The number of aromatic nitrogens is 1. The van der Waals surface area contributed by atoms with Crippen LogP contribution in [-0.2, 0) is 0 Å². The van der Waals surface area contributed by atoms with Crippen LogP contribution in [-0.4, -0.2) is 30.8 Å². The molecular formula is C25H23N3O3S. The second kappa shape index (κ2) is 9.20. The van der Waals surface area contributed by atoms with Gasteiger partial charge in [-0.15, -0.1) is 11.3 Å². The number of hydrogen-bond acceptors (Lipinski definition) is 6. The van der Waals surface area contributed by atoms with Crippen LogP contribution in [0.5, 0.6) is 11.5 Å². The third-order valence-corrected chi connectivity index (χ3v) is 6.18. The van der Waals surface area contributed by atoms with E-state index in [0.717, 1.165) is 21.5 Å². The van der Waals surface area contributed by atoms with Gasteiger partial charge in [-0.3, -0.25) is 4.79 Å². The summed E-state index contributed by atoms with van der Waals surface area (Å²) in [5, 5.41) is 5.07. The average molecular weight is 446 g/mol. The highest BCUT2D eigenvalue weighted by Crippen LogP contribution is 2.34. The summed E-state index contributed by atoms with van der Waals surface area (Å²) in [5.41, 5.74) is 6.05. The Morgan fingerprint density at radius 3 is 2.56 bits per heavy atom. The van der Waals surface area contributed by atoms with Crippen LogP contribution in [0, 0.1) is 6.92 Å². The molecule has 0 aliphatic rings. The van der Waals surface area contributed by atoms with Crippen molar-refractivity contribution < 1.29 is 14.3 Å². The van der Waals surface area contributed by atoms with Crippen molar-refractivity contribution in [1.29, 1.82) is 0 Å². The Morgan fingerprint density at radius 2 is 1.84 bits per heavy atom. The highest BCUT2D eigenvalue weighted by atomic mass is 32.1. The van der Waals surface area contributed by atoms with Crippen LogP contribution < -0.4 is 14.9 Å². The molecular weight excluding hydrogens is 422 g/mol. The van der Waals surface area contributed by atoms with Gasteiger partial charge in [0.1, 0.15) is 11.5 Å². The number of thiophene rings is 1. The Bertz CT molecular complexity index is 1330. The van der Waals surface area contributed by atoms with Crippen LogP contribution in [0.3, 0.4) is 0 Å². The van der Waals surface area contributed by atoms with E-state index < -0.39 is 0 Å². The van der Waals surface area contributed by atoms with Crippen LogP contribution in [0.1, 0.15) is 27.0 Å². The maximum atomic E-state index is 13.1. The maximum Gasteiger partial charge on any atom is 0.272 e. The van der Waals surface area contributed by atoms with Crippen LogP contribution in [0.2, 0.25) is 0 Å². The van der Waals surface area contributed by atoms with Gasteiger partial charge in [-0.2, -0.15) is 5.10 Å². The molecule has 1 N–H and O–H groups in total. The number of carbonyl (C=O) groups is 1. The van der Waals surface area contributed by atoms with Crippen molar-refractivity contribution in [2.75, 3.05) is 14.2 Å². The molecule has 6 nitrogen and oxygen atoms in total. The Morgan fingerprint density at radius 1 is 1.03 bits per heavy atom. The fraction of sp³-hybridized carbons (Fsp3) is 0.160. The minimum Gasteiger partial charge on any atom is -0.497 e. The van der Waals surface area contributed by atoms with Crippen molar-refractivity contribution in [3.8, 4) is 22.8 Å². The van der Waals surface area contributed by atoms with E-state index in [1.54, 1.807) is 37.7 Å². The predicted molar refractivity (Wildman–Crippen MR) is 129 cm³/mol. The quantitative estimate of drug-likeness (QED) is 0.317. The Kier molecular flexibility index (Phi) is 6.18. The van der Waals surface area contributed by atoms with E-state index in [4.69, 9.17) is 14.5 Å². The van der Waals surface area contributed by atoms with Crippen molar-refractivity contribution in [2.45, 2.75) is 13.8 Å². The standard InChI is InChI=1S/C25H23N3O3S/c1-15-9-12-24(32-15)16(2)27-28-25(29)20-14-22(26-21-8-6-5-7-18(20)21)19-11-10-17(30-3)13-23(19)31-4/h5-14H,1-4H3,(H,28,29). The molecule has 7 heteroatoms. The lowest BCUT2D eigenvalue weighted by atomic mass is 10.0. The number of pyridine rings is 1. The number of hydrogen-bond donors (Lipinski definition) is 1. The van der Waals surface area contributed by atoms with E-state index in [1.807, 2.05) is 62.4 Å². The lowest BCUT2D eigenvalue weighted by Gasteiger charge is -2.13. The van der Waals surface area contributed by atoms with Crippen LogP contribution in [0.15, 0.2) is 65.8 Å². The molecule has 0 saturated carbocycles. The van der Waals surface area contributed by atoms with Gasteiger partial charge in [0.2, 0.25) is 0 Å². The second-order valence-electron chi connectivity index (χ2n) is 7.19. The summed E-state index contributed by atoms with van der Waals surface area (Å²) in [6.07, 6.45) is 0. The Labute approximate surface area is 190 Å². The molecule has 32 heavy (non-hydrogen) atoms. The molecule has 4 rings (SSSR count). The highest BCUT2D eigenvalue weighted by Gasteiger charge is 2.16. The minimum atomic E-state index is -0.301. The largest absolute Gasteiger partial charge is 0.497 e. The van der Waals surface area contributed by atoms with Gasteiger partial charge in [-0.1, -0.05) is 18.2 Å². The number of methoxy groups -OCH3 is 2. The van der Waals surface area contributed by atoms with Crippen molar-refractivity contribution in [1.82, 2.24) is 10.4 Å². The number of para-hydroxylation sites is 1. The molecule has 0 unspecified atom stereocenters. The summed E-state index contributed by atoms with van der Waals surface area (Å²) in [4.78, 5) is 20.1. The topological polar surface area (TPSA) is 72.8 Å². The summed E-state index contributed by atoms with van der Waals surface area (Å²) in [6.45, 7) is 3.92. The van der Waals surface area contributed by atoms with Crippen molar-refractivity contribution in [3.05, 3.63) is 76.0 Å². The van der Waals surface area contributed by atoms with Gasteiger partial charge in [0.05, 0.1) is 41.6 Å². The summed E-state index contributed by atoms with van der Waals surface area (Å²) in [7, 11) is 3.20. The second-order valence-corrected chi connectivity index (χ2v) is 8.47. The van der Waals surface area contributed by atoms with Gasteiger partial charge < -0.3 is 9.47 Å². The molecule has 2 aromatic carbocycles. The number of amides is 1. The SMILES string of the molecule is COc1ccc(-c2cc(C(=O)NN=C(C)c3ccc(C)s3)c3ccccc3n2)c(OC)c1. The Balaban J connectivity index is 1.75. The molecule has 0 saturated heterocycles. The van der Waals surface area contributed by atoms with E-state index in [1.165, 1.54) is 4.88 Å². The first-order valence-electron chi connectivity index (χ1n) is 10.0. The normalized spacial score (nSPS) is 11.4. The van der Waals surface area contributed by atoms with Gasteiger partial charge in [0, 0.05) is 21.9 Å². The fourth-order valence-corrected chi connectivity index (χ4v) is 4.20. The fourth-order valence-electron chi connectivity index (χ4n) is 3.39. The summed E-state index contributed by atoms with van der Waals surface area (Å²) >= 11 is 1.64. The number of aryl methyl sites for hydroxylation is 1. The summed E-state index contributed by atoms with van der Waals surface area (Å²) in [6, 6.07) is 18.9. The summed E-state index contributed by atoms with van der Waals surface area (Å²) in [5.74, 6) is 0.989. The minimum absolute atomic E-state index is 0.301. The smallest absolute Gasteiger partial charge is 0.272 e. The van der Waals surface area contributed by atoms with Gasteiger partial charge in [0.25, 0.3) is 5.91 Å². The first kappa shape index (κ1) is 21.5. The highest BCUT2D eigenvalue weighted by molar-refractivity contribution is 7.14. The zero-order chi connectivity index (χ0) is 22.7. The van der Waals surface area contributed by atoms with Crippen LogP contribution >= 0.6 is 11.3 Å². The molecule has 1 amide bonds. The molecule has 0 spiro atoms. The summed E-state index contributed by atoms with van der Waals surface area (Å²) < 4.78 is 10.8. The molecule has 4 aromatic rings. The van der Waals surface area contributed by atoms with Gasteiger partial charge in [-0.05, 0) is 50.2 Å². The van der Waals surface area contributed by atoms with Gasteiger partial charge in [-0.25, -0.2) is 10.4 Å². The average Bonchev–Trinajstić information content (AvgIpc) is 3.27. The molecule has 0 bridgehead atoms. The third kappa shape index (κ3) is 4.33. The van der Waals surface area contributed by atoms with Crippen LogP contribution in [0.25, 0.3) is 22.2 Å². The molecule has 162 valence electrons. The van der Waals surface area contributed by atoms with E-state index in [-0.39, 0.29) is 5.91 Å². The molecule has 2 aromatic heterocycles. The van der Waals surface area contributed by atoms with Crippen LogP contribution in [0.4, 0.5) is 0 Å². The van der Waals surface area contributed by atoms with E-state index >= 15 is 0 Å². The predicted octanol–water partition coefficient (Wildman–Crippen LogP) is 5.44. The molecule has 0 aliphatic heterocycles. The van der Waals surface area contributed by atoms with Crippen molar-refractivity contribution in [2.24, 2.45) is 5.10 Å². The molecule has 0 atom stereocenters. The molecule has 0 radical (unpaired) electrons. The molecule has 0 aliphatic carbocycles. The molecule has 0 fully saturated rings. The number of fused-ring (bicyclic) bond motifs is 1. The lowest BCUT2D eigenvalue weighted by molar-refractivity contribution is 0.0956. The number of ether oxygens (including phenoxy) is 2. The first-order chi connectivity index (χ1) is 15.5. The number of hydrazone groups is 1. The zero-order valence-corrected chi connectivity index (χ0v) is 19.1. The van der Waals surface area contributed by atoms with E-state index in [2.05, 4.69) is 10.5 Å². The van der Waals surface area contributed by atoms with Gasteiger partial charge >= 0.3 is 0 Å².